The van der Waals surface area contributed by atoms with Gasteiger partial charge < -0.3 is 25.1 Å². The zero-order valence-electron chi connectivity index (χ0n) is 10.6. The predicted octanol–water partition coefficient (Wildman–Crippen LogP) is -0.798. The zero-order chi connectivity index (χ0) is 14.6. The second-order valence-electron chi connectivity index (χ2n) is 4.75. The SMILES string of the molecule is Nc1ncnc2c1ncn2[C@@H]1O[C@H](CO)[C@H]2OC(=O)O[C@H]21. The first-order valence-electron chi connectivity index (χ1n) is 6.25. The number of nitrogens with zero attached hydrogens (tertiary/aromatic N) is 4. The van der Waals surface area contributed by atoms with Crippen LogP contribution >= 0.6 is 0 Å². The Morgan fingerprint density at radius 1 is 1.29 bits per heavy atom. The quantitative estimate of drug-likeness (QED) is 0.682. The highest BCUT2D eigenvalue weighted by atomic mass is 16.8. The molecular formula is C11H11N5O5. The van der Waals surface area contributed by atoms with Crippen LogP contribution in [0.4, 0.5) is 10.6 Å². The van der Waals surface area contributed by atoms with Gasteiger partial charge in [-0.3, -0.25) is 4.57 Å². The lowest BCUT2D eigenvalue weighted by atomic mass is 10.1. The standard InChI is InChI=1S/C11H11N5O5/c12-8-5-9(14-2-13-8)16(3-15-5)10-7-6(4(1-17)19-10)20-11(18)21-7/h2-4,6-7,10,17H,1H2,(H2,12,13,14)/t4-,6-,7-,10-/m1/s1. The number of hydrogen-bond donors (Lipinski definition) is 2. The van der Waals surface area contributed by atoms with Crippen LogP contribution in [0.3, 0.4) is 0 Å². The fourth-order valence-electron chi connectivity index (χ4n) is 2.65. The van der Waals surface area contributed by atoms with Crippen LogP contribution in [0, 0.1) is 0 Å². The maximum atomic E-state index is 11.3. The van der Waals surface area contributed by atoms with Crippen molar-refractivity contribution in [3.63, 3.8) is 0 Å². The lowest BCUT2D eigenvalue weighted by Crippen LogP contribution is -2.30. The Morgan fingerprint density at radius 2 is 2.10 bits per heavy atom. The summed E-state index contributed by atoms with van der Waals surface area (Å²) in [5.41, 5.74) is 6.61. The van der Waals surface area contributed by atoms with E-state index in [9.17, 15) is 9.90 Å². The normalized spacial score (nSPS) is 31.2. The van der Waals surface area contributed by atoms with E-state index in [2.05, 4.69) is 15.0 Å². The van der Waals surface area contributed by atoms with Gasteiger partial charge in [-0.25, -0.2) is 19.7 Å². The highest BCUT2D eigenvalue weighted by Gasteiger charge is 2.55. The molecule has 2 fully saturated rings. The fraction of sp³-hybridized carbons (Fsp3) is 0.455. The van der Waals surface area contributed by atoms with Gasteiger partial charge in [-0.05, 0) is 0 Å². The molecule has 2 aromatic heterocycles. The summed E-state index contributed by atoms with van der Waals surface area (Å²) in [7, 11) is 0. The van der Waals surface area contributed by atoms with Gasteiger partial charge in [0.25, 0.3) is 0 Å². The van der Waals surface area contributed by atoms with Crippen LogP contribution in [-0.4, -0.2) is 55.7 Å². The van der Waals surface area contributed by atoms with Crippen molar-refractivity contribution in [1.29, 1.82) is 0 Å². The zero-order valence-corrected chi connectivity index (χ0v) is 10.6. The Balaban J connectivity index is 1.78. The van der Waals surface area contributed by atoms with Gasteiger partial charge in [0, 0.05) is 0 Å². The molecule has 0 radical (unpaired) electrons. The number of aromatic nitrogens is 4. The summed E-state index contributed by atoms with van der Waals surface area (Å²) in [6, 6.07) is 0. The van der Waals surface area contributed by atoms with E-state index in [1.807, 2.05) is 0 Å². The minimum Gasteiger partial charge on any atom is -0.424 e. The van der Waals surface area contributed by atoms with Crippen molar-refractivity contribution < 1.29 is 24.1 Å². The van der Waals surface area contributed by atoms with E-state index in [4.69, 9.17) is 19.9 Å². The van der Waals surface area contributed by atoms with Crippen molar-refractivity contribution in [3.8, 4) is 0 Å². The van der Waals surface area contributed by atoms with Crippen molar-refractivity contribution >= 4 is 23.1 Å². The third-order valence-electron chi connectivity index (χ3n) is 3.59. The van der Waals surface area contributed by atoms with Crippen LogP contribution in [0.15, 0.2) is 12.7 Å². The second kappa shape index (κ2) is 4.27. The van der Waals surface area contributed by atoms with Crippen LogP contribution in [0.5, 0.6) is 0 Å². The highest BCUT2D eigenvalue weighted by Crippen LogP contribution is 2.38. The second-order valence-corrected chi connectivity index (χ2v) is 4.75. The molecule has 2 saturated heterocycles. The smallest absolute Gasteiger partial charge is 0.424 e. The average Bonchev–Trinajstić information content (AvgIpc) is 3.12. The Kier molecular flexibility index (Phi) is 2.50. The first-order chi connectivity index (χ1) is 10.2. The van der Waals surface area contributed by atoms with Crippen molar-refractivity contribution in [2.75, 3.05) is 12.3 Å². The first kappa shape index (κ1) is 12.3. The number of nitrogen functional groups attached to an aromatic ring is 1. The molecule has 0 spiro atoms. The van der Waals surface area contributed by atoms with E-state index in [-0.39, 0.29) is 12.4 Å². The van der Waals surface area contributed by atoms with Crippen molar-refractivity contribution in [3.05, 3.63) is 12.7 Å². The maximum Gasteiger partial charge on any atom is 0.509 e. The van der Waals surface area contributed by atoms with E-state index in [0.717, 1.165) is 0 Å². The molecule has 4 rings (SSSR count). The molecule has 10 nitrogen and oxygen atoms in total. The number of imidazole rings is 1. The number of rotatable bonds is 2. The number of fused-ring (bicyclic) bond motifs is 2. The van der Waals surface area contributed by atoms with E-state index < -0.39 is 30.7 Å². The van der Waals surface area contributed by atoms with E-state index in [0.29, 0.717) is 11.2 Å². The predicted molar refractivity (Wildman–Crippen MR) is 65.9 cm³/mol. The van der Waals surface area contributed by atoms with Crippen molar-refractivity contribution in [1.82, 2.24) is 19.5 Å². The molecule has 3 N–H and O–H groups in total. The van der Waals surface area contributed by atoms with Crippen LogP contribution in [-0.2, 0) is 14.2 Å². The molecule has 0 unspecified atom stereocenters. The van der Waals surface area contributed by atoms with E-state index in [1.165, 1.54) is 12.7 Å². The molecule has 0 aliphatic carbocycles. The number of hydrogen-bond acceptors (Lipinski definition) is 9. The van der Waals surface area contributed by atoms with Crippen LogP contribution in [0.1, 0.15) is 6.23 Å². The summed E-state index contributed by atoms with van der Waals surface area (Å²) in [6.45, 7) is -0.294. The number of nitrogens with two attached hydrogens (primary N) is 1. The maximum absolute atomic E-state index is 11.3. The summed E-state index contributed by atoms with van der Waals surface area (Å²) < 4.78 is 17.4. The van der Waals surface area contributed by atoms with Crippen LogP contribution in [0.2, 0.25) is 0 Å². The lowest BCUT2D eigenvalue weighted by molar-refractivity contribution is -0.0704. The Hall–Kier alpha value is -2.46. The Bertz CT molecular complexity index is 718. The lowest BCUT2D eigenvalue weighted by Gasteiger charge is -2.17. The number of aliphatic hydroxyl groups excluding tert-OH is 1. The summed E-state index contributed by atoms with van der Waals surface area (Å²) in [4.78, 5) is 23.4. The minimum absolute atomic E-state index is 0.242. The molecule has 0 amide bonds. The van der Waals surface area contributed by atoms with Gasteiger partial charge in [0.05, 0.1) is 12.9 Å². The summed E-state index contributed by atoms with van der Waals surface area (Å²) in [5, 5.41) is 9.33. The van der Waals surface area contributed by atoms with Crippen molar-refractivity contribution in [2.45, 2.75) is 24.5 Å². The van der Waals surface area contributed by atoms with Gasteiger partial charge in [-0.2, -0.15) is 0 Å². The molecular weight excluding hydrogens is 282 g/mol. The van der Waals surface area contributed by atoms with E-state index in [1.54, 1.807) is 4.57 Å². The average molecular weight is 293 g/mol. The number of carbonyl (C=O) groups excluding carboxylic acids is 1. The number of carbonyl (C=O) groups is 1. The highest BCUT2D eigenvalue weighted by molar-refractivity contribution is 5.81. The van der Waals surface area contributed by atoms with Gasteiger partial charge in [-0.1, -0.05) is 0 Å². The molecule has 2 aromatic rings. The molecule has 2 aliphatic rings. The van der Waals surface area contributed by atoms with Gasteiger partial charge >= 0.3 is 6.16 Å². The summed E-state index contributed by atoms with van der Waals surface area (Å²) in [6.07, 6.45) is -0.699. The number of ether oxygens (including phenoxy) is 3. The van der Waals surface area contributed by atoms with Gasteiger partial charge in [0.1, 0.15) is 17.9 Å². The number of anilines is 1. The van der Waals surface area contributed by atoms with Crippen LogP contribution < -0.4 is 5.73 Å². The summed E-state index contributed by atoms with van der Waals surface area (Å²) in [5.74, 6) is 0.242. The largest absolute Gasteiger partial charge is 0.509 e. The third kappa shape index (κ3) is 1.66. The molecule has 2 aliphatic heterocycles. The summed E-state index contributed by atoms with van der Waals surface area (Å²) >= 11 is 0. The monoisotopic (exact) mass is 293 g/mol. The molecule has 10 heteroatoms. The van der Waals surface area contributed by atoms with E-state index >= 15 is 0 Å². The molecule has 0 aromatic carbocycles. The fourth-order valence-corrected chi connectivity index (χ4v) is 2.65. The number of aliphatic hydroxyl groups is 1. The third-order valence-corrected chi connectivity index (χ3v) is 3.59. The molecule has 4 heterocycles. The van der Waals surface area contributed by atoms with Gasteiger partial charge in [-0.15, -0.1) is 0 Å². The van der Waals surface area contributed by atoms with Gasteiger partial charge in [0.15, 0.2) is 29.9 Å². The molecule has 4 atom stereocenters. The topological polar surface area (TPSA) is 135 Å². The minimum atomic E-state index is -0.782. The molecule has 110 valence electrons. The molecule has 0 bridgehead atoms. The molecule has 0 saturated carbocycles. The molecule has 21 heavy (non-hydrogen) atoms. The van der Waals surface area contributed by atoms with Crippen LogP contribution in [0.25, 0.3) is 11.2 Å². The first-order valence-corrected chi connectivity index (χ1v) is 6.25. The van der Waals surface area contributed by atoms with Crippen molar-refractivity contribution in [2.24, 2.45) is 0 Å². The Labute approximate surface area is 117 Å². The van der Waals surface area contributed by atoms with Gasteiger partial charge in [0.2, 0.25) is 0 Å². The Morgan fingerprint density at radius 3 is 2.90 bits per heavy atom.